The van der Waals surface area contributed by atoms with Crippen LogP contribution in [0.4, 0.5) is 17.6 Å². The Kier molecular flexibility index (Phi) is 6.14. The molecule has 1 aliphatic heterocycles. The van der Waals surface area contributed by atoms with Crippen molar-refractivity contribution in [2.45, 2.75) is 50.6 Å². The maximum atomic E-state index is 11.7. The van der Waals surface area contributed by atoms with Crippen molar-refractivity contribution in [3.05, 3.63) is 33.4 Å². The Bertz CT molecular complexity index is 1300. The van der Waals surface area contributed by atoms with Gasteiger partial charge in [-0.05, 0) is 50.7 Å². The van der Waals surface area contributed by atoms with E-state index in [9.17, 15) is 4.79 Å². The van der Waals surface area contributed by atoms with Gasteiger partial charge in [0.15, 0.2) is 5.65 Å². The summed E-state index contributed by atoms with van der Waals surface area (Å²) in [7, 11) is 0. The Labute approximate surface area is 223 Å². The van der Waals surface area contributed by atoms with Gasteiger partial charge in [0.2, 0.25) is 17.8 Å². The van der Waals surface area contributed by atoms with Crippen LogP contribution in [0.25, 0.3) is 11.2 Å². The zero-order chi connectivity index (χ0) is 25.0. The molecule has 190 valence electrons. The first-order valence-electron chi connectivity index (χ1n) is 12.1. The summed E-state index contributed by atoms with van der Waals surface area (Å²) in [6.07, 6.45) is 6.82. The van der Waals surface area contributed by atoms with Gasteiger partial charge in [-0.3, -0.25) is 9.36 Å². The topological polar surface area (TPSA) is 120 Å². The first-order chi connectivity index (χ1) is 17.3. The van der Waals surface area contributed by atoms with Gasteiger partial charge >= 0.3 is 0 Å². The average Bonchev–Trinajstić information content (AvgIpc) is 3.14. The van der Waals surface area contributed by atoms with Crippen molar-refractivity contribution in [2.24, 2.45) is 17.1 Å². The van der Waals surface area contributed by atoms with E-state index in [1.165, 1.54) is 0 Å². The fraction of sp³-hybridized carbons (Fsp3) is 0.500. The van der Waals surface area contributed by atoms with Crippen LogP contribution >= 0.6 is 34.8 Å². The number of aromatic nitrogens is 4. The number of nitrogens with one attached hydrogen (secondary N) is 2. The summed E-state index contributed by atoms with van der Waals surface area (Å²) in [5.74, 6) is 0.773. The van der Waals surface area contributed by atoms with Crippen LogP contribution < -0.4 is 16.4 Å². The van der Waals surface area contributed by atoms with Gasteiger partial charge in [-0.2, -0.15) is 4.98 Å². The highest BCUT2D eigenvalue weighted by molar-refractivity contribution is 6.41. The van der Waals surface area contributed by atoms with Crippen LogP contribution in [-0.4, -0.2) is 44.7 Å². The number of carbonyl (C=O) groups is 1. The van der Waals surface area contributed by atoms with E-state index in [4.69, 9.17) is 55.2 Å². The molecule has 9 nitrogen and oxygen atoms in total. The second-order valence-corrected chi connectivity index (χ2v) is 11.5. The monoisotopic (exact) mass is 549 g/mol. The number of rotatable bonds is 6. The summed E-state index contributed by atoms with van der Waals surface area (Å²) in [6.45, 7) is 1.69. The molecule has 2 aromatic heterocycles. The molecular weight excluding hydrogens is 525 g/mol. The number of halogens is 3. The number of hydrogen-bond acceptors (Lipinski definition) is 7. The molecule has 2 saturated carbocycles. The summed E-state index contributed by atoms with van der Waals surface area (Å²) in [6, 6.07) is 3.66. The number of imidazole rings is 1. The molecule has 1 saturated heterocycles. The number of benzene rings is 1. The zero-order valence-electron chi connectivity index (χ0n) is 19.4. The Morgan fingerprint density at radius 3 is 2.39 bits per heavy atom. The number of ether oxygens (including phenoxy) is 1. The number of primary amides is 1. The predicted molar refractivity (Wildman–Crippen MR) is 140 cm³/mol. The maximum Gasteiger partial charge on any atom is 0.224 e. The summed E-state index contributed by atoms with van der Waals surface area (Å²) >= 11 is 19.0. The molecule has 4 N–H and O–H groups in total. The van der Waals surface area contributed by atoms with E-state index < -0.39 is 0 Å². The third-order valence-electron chi connectivity index (χ3n) is 7.65. The van der Waals surface area contributed by atoms with E-state index in [0.717, 1.165) is 38.9 Å². The Balaban J connectivity index is 1.33. The Morgan fingerprint density at radius 1 is 1.08 bits per heavy atom. The van der Waals surface area contributed by atoms with Crippen LogP contribution in [0.15, 0.2) is 18.3 Å². The van der Waals surface area contributed by atoms with Gasteiger partial charge in [-0.1, -0.05) is 34.8 Å². The molecule has 0 unspecified atom stereocenters. The van der Waals surface area contributed by atoms with Crippen LogP contribution in [0.5, 0.6) is 0 Å². The zero-order valence-corrected chi connectivity index (χ0v) is 21.7. The van der Waals surface area contributed by atoms with E-state index in [0.29, 0.717) is 68.1 Å². The minimum atomic E-state index is -0.244. The summed E-state index contributed by atoms with van der Waals surface area (Å²) < 4.78 is 7.46. The number of anilines is 3. The lowest BCUT2D eigenvalue weighted by Crippen LogP contribution is -2.56. The summed E-state index contributed by atoms with van der Waals surface area (Å²) in [4.78, 5) is 25.9. The van der Waals surface area contributed by atoms with Gasteiger partial charge < -0.3 is 21.1 Å². The second-order valence-electron chi connectivity index (χ2n) is 10.2. The smallest absolute Gasteiger partial charge is 0.224 e. The van der Waals surface area contributed by atoms with E-state index in [-0.39, 0.29) is 17.9 Å². The van der Waals surface area contributed by atoms with Crippen molar-refractivity contribution in [3.8, 4) is 0 Å². The van der Waals surface area contributed by atoms with Crippen molar-refractivity contribution in [3.63, 3.8) is 0 Å². The predicted octanol–water partition coefficient (Wildman–Crippen LogP) is 5.34. The van der Waals surface area contributed by atoms with E-state index >= 15 is 0 Å². The average molecular weight is 551 g/mol. The molecule has 2 aliphatic carbocycles. The molecule has 0 radical (unpaired) electrons. The number of fused-ring (bicyclic) bond motifs is 1. The van der Waals surface area contributed by atoms with Crippen molar-refractivity contribution in [2.75, 3.05) is 23.8 Å². The van der Waals surface area contributed by atoms with Gasteiger partial charge in [0.1, 0.15) is 5.52 Å². The van der Waals surface area contributed by atoms with Crippen LogP contribution in [0.1, 0.15) is 44.6 Å². The molecule has 6 rings (SSSR count). The molecular formula is C24H26Cl3N7O2. The summed E-state index contributed by atoms with van der Waals surface area (Å²) in [5.41, 5.74) is 7.79. The van der Waals surface area contributed by atoms with Gasteiger partial charge in [-0.15, -0.1) is 0 Å². The normalized spacial score (nSPS) is 23.3. The van der Waals surface area contributed by atoms with Gasteiger partial charge in [0.05, 0.1) is 35.1 Å². The minimum absolute atomic E-state index is 0.0693. The third-order valence-corrected chi connectivity index (χ3v) is 8.46. The lowest BCUT2D eigenvalue weighted by atomic mass is 9.64. The Morgan fingerprint density at radius 2 is 1.78 bits per heavy atom. The lowest BCUT2D eigenvalue weighted by Gasteiger charge is -2.53. The fourth-order valence-corrected chi connectivity index (χ4v) is 6.59. The van der Waals surface area contributed by atoms with Crippen LogP contribution in [0.2, 0.25) is 15.1 Å². The number of amides is 1. The molecule has 3 aromatic rings. The maximum absolute atomic E-state index is 11.7. The molecule has 0 bridgehead atoms. The number of nitrogens with two attached hydrogens (primary N) is 1. The van der Waals surface area contributed by atoms with Crippen LogP contribution in [0, 0.1) is 11.3 Å². The second kappa shape index (κ2) is 9.20. The third kappa shape index (κ3) is 4.36. The molecule has 0 atom stereocenters. The minimum Gasteiger partial charge on any atom is -0.380 e. The van der Waals surface area contributed by atoms with Crippen LogP contribution in [-0.2, 0) is 9.53 Å². The highest BCUT2D eigenvalue weighted by Crippen LogP contribution is 2.48. The molecule has 36 heavy (non-hydrogen) atoms. The Hall–Kier alpha value is -2.33. The van der Waals surface area contributed by atoms with Crippen molar-refractivity contribution in [1.29, 1.82) is 0 Å². The molecule has 3 fully saturated rings. The quantitative estimate of drug-likeness (QED) is 0.379. The highest BCUT2D eigenvalue weighted by Gasteiger charge is 2.50. The van der Waals surface area contributed by atoms with Crippen molar-refractivity contribution >= 4 is 69.5 Å². The molecule has 1 spiro atoms. The van der Waals surface area contributed by atoms with Crippen LogP contribution in [0.3, 0.4) is 0 Å². The molecule has 3 aliphatic rings. The molecule has 1 amide bonds. The number of hydrogen-bond donors (Lipinski definition) is 3. The van der Waals surface area contributed by atoms with Crippen molar-refractivity contribution in [1.82, 2.24) is 19.5 Å². The van der Waals surface area contributed by atoms with Gasteiger partial charge in [-0.25, -0.2) is 9.97 Å². The van der Waals surface area contributed by atoms with E-state index in [2.05, 4.69) is 20.2 Å². The van der Waals surface area contributed by atoms with E-state index in [1.807, 2.05) is 0 Å². The molecule has 12 heteroatoms. The fourth-order valence-electron chi connectivity index (χ4n) is 5.68. The number of carbonyl (C=O) groups excluding carboxylic acids is 1. The molecule has 1 aromatic carbocycles. The summed E-state index contributed by atoms with van der Waals surface area (Å²) in [5, 5.41) is 7.99. The van der Waals surface area contributed by atoms with Crippen molar-refractivity contribution < 1.29 is 9.53 Å². The standard InChI is InChI=1S/C24H26Cl3N7O2/c25-13-5-16(26)19(17(27)6-13)32-23-31-18-9-29-22(30-14-7-24(8-14)10-36-11-24)33-21(18)34(23)15-3-1-12(2-4-15)20(28)35/h5-6,9,12,14-15H,1-4,7-8,10-11H2,(H2,28,35)(H,31,32)(H,29,30,33). The first kappa shape index (κ1) is 24.0. The SMILES string of the molecule is NC(=O)C1CCC(n2c(Nc3c(Cl)cc(Cl)cc3Cl)nc3cnc(NC4CC5(COC5)C4)nc32)CC1. The largest absolute Gasteiger partial charge is 0.380 e. The van der Waals surface area contributed by atoms with E-state index in [1.54, 1.807) is 18.3 Å². The van der Waals surface area contributed by atoms with Gasteiger partial charge in [0, 0.05) is 28.4 Å². The number of nitrogens with zero attached hydrogens (tertiary/aromatic N) is 4. The highest BCUT2D eigenvalue weighted by atomic mass is 35.5. The van der Waals surface area contributed by atoms with Gasteiger partial charge in [0.25, 0.3) is 0 Å². The first-order valence-corrected chi connectivity index (χ1v) is 13.2. The lowest BCUT2D eigenvalue weighted by molar-refractivity contribution is -0.160. The molecule has 3 heterocycles.